The fourth-order valence-electron chi connectivity index (χ4n) is 3.01. The van der Waals surface area contributed by atoms with Gasteiger partial charge in [0.1, 0.15) is 5.69 Å². The van der Waals surface area contributed by atoms with Crippen LogP contribution in [0.3, 0.4) is 0 Å². The number of imidazole rings is 1. The van der Waals surface area contributed by atoms with Gasteiger partial charge < -0.3 is 4.90 Å². The SMILES string of the molecule is Cc1csc2nc(C(=O)N(CCc3ccccn3)Cc3ccccc3)cn12. The summed E-state index contributed by atoms with van der Waals surface area (Å²) in [5.74, 6) is -0.0508. The predicted molar refractivity (Wildman–Crippen MR) is 107 cm³/mol. The molecule has 3 heterocycles. The summed E-state index contributed by atoms with van der Waals surface area (Å²) in [7, 11) is 0. The third-order valence-corrected chi connectivity index (χ3v) is 5.43. The van der Waals surface area contributed by atoms with Crippen molar-refractivity contribution in [2.45, 2.75) is 19.9 Å². The summed E-state index contributed by atoms with van der Waals surface area (Å²) < 4.78 is 1.97. The standard InChI is InChI=1S/C21H20N4OS/c1-16-15-27-21-23-19(14-25(16)21)20(26)24(13-17-7-3-2-4-8-17)12-10-18-9-5-6-11-22-18/h2-9,11,14-15H,10,12-13H2,1H3. The number of hydrogen-bond acceptors (Lipinski definition) is 4. The lowest BCUT2D eigenvalue weighted by Gasteiger charge is -2.22. The van der Waals surface area contributed by atoms with Crippen molar-refractivity contribution in [3.8, 4) is 0 Å². The number of nitrogens with zero attached hydrogens (tertiary/aromatic N) is 4. The Morgan fingerprint density at radius 1 is 1.15 bits per heavy atom. The van der Waals surface area contributed by atoms with Crippen molar-refractivity contribution in [2.75, 3.05) is 6.54 Å². The molecule has 0 unspecified atom stereocenters. The Balaban J connectivity index is 1.58. The van der Waals surface area contributed by atoms with Crippen LogP contribution < -0.4 is 0 Å². The number of thiazole rings is 1. The normalized spacial score (nSPS) is 11.0. The highest BCUT2D eigenvalue weighted by Gasteiger charge is 2.20. The molecule has 4 rings (SSSR count). The number of aryl methyl sites for hydroxylation is 1. The monoisotopic (exact) mass is 376 g/mol. The molecule has 0 spiro atoms. The quantitative estimate of drug-likeness (QED) is 0.511. The second-order valence-corrected chi connectivity index (χ2v) is 7.28. The first-order valence-electron chi connectivity index (χ1n) is 8.87. The van der Waals surface area contributed by atoms with E-state index < -0.39 is 0 Å². The molecule has 0 fully saturated rings. The largest absolute Gasteiger partial charge is 0.333 e. The average Bonchev–Trinajstić information content (AvgIpc) is 3.28. The number of fused-ring (bicyclic) bond motifs is 1. The van der Waals surface area contributed by atoms with Gasteiger partial charge in [0.25, 0.3) is 5.91 Å². The summed E-state index contributed by atoms with van der Waals surface area (Å²) >= 11 is 1.55. The first-order valence-corrected chi connectivity index (χ1v) is 9.75. The lowest BCUT2D eigenvalue weighted by molar-refractivity contribution is 0.0739. The second kappa shape index (κ2) is 7.72. The van der Waals surface area contributed by atoms with E-state index in [1.807, 2.05) is 76.3 Å². The predicted octanol–water partition coefficient (Wildman–Crippen LogP) is 3.98. The molecule has 136 valence electrons. The number of pyridine rings is 1. The molecule has 0 aliphatic rings. The molecule has 1 aromatic carbocycles. The topological polar surface area (TPSA) is 50.5 Å². The summed E-state index contributed by atoms with van der Waals surface area (Å²) in [6, 6.07) is 15.9. The van der Waals surface area contributed by atoms with Gasteiger partial charge in [-0.1, -0.05) is 36.4 Å². The molecular weight excluding hydrogens is 356 g/mol. The van der Waals surface area contributed by atoms with Crippen molar-refractivity contribution >= 4 is 22.2 Å². The van der Waals surface area contributed by atoms with Crippen LogP contribution in [-0.2, 0) is 13.0 Å². The minimum Gasteiger partial charge on any atom is -0.333 e. The molecule has 4 aromatic rings. The lowest BCUT2D eigenvalue weighted by Crippen LogP contribution is -2.33. The van der Waals surface area contributed by atoms with Crippen LogP contribution >= 0.6 is 11.3 Å². The van der Waals surface area contributed by atoms with E-state index in [0.717, 1.165) is 21.9 Å². The Bertz CT molecular complexity index is 1040. The highest BCUT2D eigenvalue weighted by atomic mass is 32.1. The first kappa shape index (κ1) is 17.4. The zero-order valence-corrected chi connectivity index (χ0v) is 15.9. The number of aromatic nitrogens is 3. The molecule has 0 aliphatic carbocycles. The Morgan fingerprint density at radius 3 is 2.70 bits per heavy atom. The molecule has 0 saturated heterocycles. The van der Waals surface area contributed by atoms with Gasteiger partial charge in [-0.3, -0.25) is 14.2 Å². The molecule has 0 aliphatic heterocycles. The number of rotatable bonds is 6. The maximum absolute atomic E-state index is 13.2. The minimum atomic E-state index is -0.0508. The van der Waals surface area contributed by atoms with E-state index in [0.29, 0.717) is 25.2 Å². The molecule has 1 amide bonds. The van der Waals surface area contributed by atoms with Crippen molar-refractivity contribution in [2.24, 2.45) is 0 Å². The van der Waals surface area contributed by atoms with Gasteiger partial charge in [-0.15, -0.1) is 11.3 Å². The number of carbonyl (C=O) groups excluding carboxylic acids is 1. The Hall–Kier alpha value is -2.99. The number of hydrogen-bond donors (Lipinski definition) is 0. The van der Waals surface area contributed by atoms with E-state index >= 15 is 0 Å². The van der Waals surface area contributed by atoms with Gasteiger partial charge in [0.05, 0.1) is 0 Å². The summed E-state index contributed by atoms with van der Waals surface area (Å²) in [6.45, 7) is 3.16. The van der Waals surface area contributed by atoms with E-state index in [1.54, 1.807) is 17.5 Å². The molecule has 27 heavy (non-hydrogen) atoms. The van der Waals surface area contributed by atoms with Gasteiger partial charge in [-0.25, -0.2) is 4.98 Å². The highest BCUT2D eigenvalue weighted by molar-refractivity contribution is 7.15. The molecule has 3 aromatic heterocycles. The average molecular weight is 376 g/mol. The maximum Gasteiger partial charge on any atom is 0.274 e. The smallest absolute Gasteiger partial charge is 0.274 e. The number of benzene rings is 1. The third kappa shape index (κ3) is 3.90. The van der Waals surface area contributed by atoms with Crippen molar-refractivity contribution < 1.29 is 4.79 Å². The molecule has 0 bridgehead atoms. The third-order valence-electron chi connectivity index (χ3n) is 4.48. The van der Waals surface area contributed by atoms with Crippen molar-refractivity contribution in [1.29, 1.82) is 0 Å². The Kier molecular flexibility index (Phi) is 4.98. The number of carbonyl (C=O) groups is 1. The number of amides is 1. The summed E-state index contributed by atoms with van der Waals surface area (Å²) in [6.07, 6.45) is 4.33. The molecule has 0 N–H and O–H groups in total. The van der Waals surface area contributed by atoms with Crippen molar-refractivity contribution in [3.63, 3.8) is 0 Å². The van der Waals surface area contributed by atoms with Crippen LogP contribution in [0.15, 0.2) is 66.3 Å². The fourth-order valence-corrected chi connectivity index (χ4v) is 3.86. The highest BCUT2D eigenvalue weighted by Crippen LogP contribution is 2.18. The van der Waals surface area contributed by atoms with E-state index in [9.17, 15) is 4.79 Å². The van der Waals surface area contributed by atoms with E-state index in [2.05, 4.69) is 9.97 Å². The van der Waals surface area contributed by atoms with Crippen molar-refractivity contribution in [3.05, 3.63) is 88.9 Å². The molecular formula is C21H20N4OS. The van der Waals surface area contributed by atoms with E-state index in [-0.39, 0.29) is 5.91 Å². The van der Waals surface area contributed by atoms with Crippen LogP contribution in [-0.4, -0.2) is 31.7 Å². The summed E-state index contributed by atoms with van der Waals surface area (Å²) in [4.78, 5) is 24.8. The Labute approximate surface area is 161 Å². The molecule has 6 heteroatoms. The molecule has 0 saturated carbocycles. The van der Waals surface area contributed by atoms with E-state index in [4.69, 9.17) is 0 Å². The Morgan fingerprint density at radius 2 is 1.96 bits per heavy atom. The van der Waals surface area contributed by atoms with Crippen LogP contribution in [0.5, 0.6) is 0 Å². The maximum atomic E-state index is 13.2. The zero-order valence-electron chi connectivity index (χ0n) is 15.1. The summed E-state index contributed by atoms with van der Waals surface area (Å²) in [5.41, 5.74) is 3.65. The lowest BCUT2D eigenvalue weighted by atomic mass is 10.2. The molecule has 5 nitrogen and oxygen atoms in total. The molecule has 0 radical (unpaired) electrons. The zero-order chi connectivity index (χ0) is 18.6. The van der Waals surface area contributed by atoms with Crippen LogP contribution in [0, 0.1) is 6.92 Å². The van der Waals surface area contributed by atoms with Crippen LogP contribution in [0.1, 0.15) is 27.4 Å². The minimum absolute atomic E-state index is 0.0508. The van der Waals surface area contributed by atoms with Crippen LogP contribution in [0.25, 0.3) is 4.96 Å². The summed E-state index contributed by atoms with van der Waals surface area (Å²) in [5, 5.41) is 2.04. The fraction of sp³-hybridized carbons (Fsp3) is 0.190. The van der Waals surface area contributed by atoms with Gasteiger partial charge in [-0.2, -0.15) is 0 Å². The van der Waals surface area contributed by atoms with Crippen LogP contribution in [0.2, 0.25) is 0 Å². The van der Waals surface area contributed by atoms with Gasteiger partial charge in [0.2, 0.25) is 0 Å². The van der Waals surface area contributed by atoms with Gasteiger partial charge in [0.15, 0.2) is 4.96 Å². The first-order chi connectivity index (χ1) is 13.2. The van der Waals surface area contributed by atoms with Gasteiger partial charge in [0, 0.05) is 48.7 Å². The molecule has 0 atom stereocenters. The van der Waals surface area contributed by atoms with Crippen LogP contribution in [0.4, 0.5) is 0 Å². The van der Waals surface area contributed by atoms with Gasteiger partial charge >= 0.3 is 0 Å². The van der Waals surface area contributed by atoms with Gasteiger partial charge in [-0.05, 0) is 24.6 Å². The van der Waals surface area contributed by atoms with Crippen molar-refractivity contribution in [1.82, 2.24) is 19.3 Å². The second-order valence-electron chi connectivity index (χ2n) is 6.44. The van der Waals surface area contributed by atoms with E-state index in [1.165, 1.54) is 0 Å².